The van der Waals surface area contributed by atoms with E-state index in [-0.39, 0.29) is 5.91 Å². The number of amides is 1. The lowest BCUT2D eigenvalue weighted by Crippen LogP contribution is -2.51. The molecule has 1 saturated heterocycles. The van der Waals surface area contributed by atoms with Crippen molar-refractivity contribution >= 4 is 17.5 Å². The molecule has 2 heterocycles. The summed E-state index contributed by atoms with van der Waals surface area (Å²) in [5.74, 6) is 0.176. The van der Waals surface area contributed by atoms with Crippen molar-refractivity contribution < 1.29 is 4.79 Å². The van der Waals surface area contributed by atoms with Crippen molar-refractivity contribution in [3.05, 3.63) is 53.8 Å². The quantitative estimate of drug-likeness (QED) is 0.608. The molecule has 1 aliphatic rings. The van der Waals surface area contributed by atoms with Gasteiger partial charge < -0.3 is 4.90 Å². The molecule has 114 valence electrons. The molecule has 0 radical (unpaired) electrons. The predicted octanol–water partition coefficient (Wildman–Crippen LogP) is 2.99. The summed E-state index contributed by atoms with van der Waals surface area (Å²) >= 11 is 5.88. The lowest BCUT2D eigenvalue weighted by atomic mass is 9.97. The molecule has 0 N–H and O–H groups in total. The Labute approximate surface area is 134 Å². The molecular formula is C16H17ClN4O. The summed E-state index contributed by atoms with van der Waals surface area (Å²) in [4.78, 5) is 13.6. The summed E-state index contributed by atoms with van der Waals surface area (Å²) in [5, 5.41) is 8.94. The Balaban J connectivity index is 1.67. The van der Waals surface area contributed by atoms with Crippen LogP contribution in [0.1, 0.15) is 25.0 Å². The van der Waals surface area contributed by atoms with Gasteiger partial charge in [-0.25, -0.2) is 4.68 Å². The highest BCUT2D eigenvalue weighted by Crippen LogP contribution is 2.25. The number of carbonyl (C=O) groups excluding carboxylic acids is 1. The third kappa shape index (κ3) is 3.04. The van der Waals surface area contributed by atoms with E-state index in [0.717, 1.165) is 24.2 Å². The number of nitrogens with zero attached hydrogens (tertiary/aromatic N) is 4. The van der Waals surface area contributed by atoms with E-state index in [0.29, 0.717) is 24.0 Å². The molecule has 1 aromatic carbocycles. The van der Waals surface area contributed by atoms with E-state index < -0.39 is 0 Å². The van der Waals surface area contributed by atoms with Crippen LogP contribution in [-0.4, -0.2) is 31.8 Å². The highest BCUT2D eigenvalue weighted by molar-refractivity contribution is 6.30. The van der Waals surface area contributed by atoms with Crippen molar-refractivity contribution in [2.75, 3.05) is 0 Å². The molecular weight excluding hydrogens is 300 g/mol. The van der Waals surface area contributed by atoms with Crippen molar-refractivity contribution in [1.29, 1.82) is 0 Å². The van der Waals surface area contributed by atoms with E-state index >= 15 is 0 Å². The summed E-state index contributed by atoms with van der Waals surface area (Å²) in [6, 6.07) is 7.67. The van der Waals surface area contributed by atoms with Crippen LogP contribution < -0.4 is 0 Å². The summed E-state index contributed by atoms with van der Waals surface area (Å²) in [5.41, 5.74) is 1.67. The van der Waals surface area contributed by atoms with Gasteiger partial charge in [0.1, 0.15) is 5.69 Å². The Morgan fingerprint density at radius 3 is 2.82 bits per heavy atom. The lowest BCUT2D eigenvalue weighted by molar-refractivity contribution is -0.147. The Morgan fingerprint density at radius 2 is 2.14 bits per heavy atom. The van der Waals surface area contributed by atoms with Crippen LogP contribution in [0, 0.1) is 0 Å². The maximum Gasteiger partial charge on any atom is 0.225 e. The van der Waals surface area contributed by atoms with Gasteiger partial charge in [0.2, 0.25) is 5.91 Å². The molecule has 6 heteroatoms. The van der Waals surface area contributed by atoms with Gasteiger partial charge in [-0.15, -0.1) is 11.7 Å². The van der Waals surface area contributed by atoms with Crippen molar-refractivity contribution in [3.8, 4) is 5.69 Å². The minimum Gasteiger partial charge on any atom is -0.333 e. The van der Waals surface area contributed by atoms with Crippen LogP contribution in [0.5, 0.6) is 0 Å². The first kappa shape index (κ1) is 14.8. The van der Waals surface area contributed by atoms with Crippen LogP contribution >= 0.6 is 11.6 Å². The Bertz CT molecular complexity index is 680. The van der Waals surface area contributed by atoms with Crippen LogP contribution in [-0.2, 0) is 11.3 Å². The number of β-lactam (4-membered cyclic amide) rings is 1. The molecule has 0 bridgehead atoms. The zero-order chi connectivity index (χ0) is 15.5. The van der Waals surface area contributed by atoms with Crippen molar-refractivity contribution in [2.45, 2.75) is 31.8 Å². The molecule has 1 atom stereocenters. The standard InChI is InChI=1S/C16H17ClN4O/c1-2-3-4-15-9-16(22)20(15)10-13-11-21(19-18-13)14-7-5-12(17)6-8-14/h2,5-8,11,15H,1,3-4,9-10H2. The first-order valence-electron chi connectivity index (χ1n) is 7.25. The van der Waals surface area contributed by atoms with Gasteiger partial charge in [-0.3, -0.25) is 4.79 Å². The number of hydrogen-bond acceptors (Lipinski definition) is 3. The number of rotatable bonds is 6. The summed E-state index contributed by atoms with van der Waals surface area (Å²) in [7, 11) is 0. The zero-order valence-electron chi connectivity index (χ0n) is 12.2. The van der Waals surface area contributed by atoms with E-state index in [1.807, 2.05) is 41.4 Å². The Hall–Kier alpha value is -2.14. The van der Waals surface area contributed by atoms with Crippen LogP contribution in [0.3, 0.4) is 0 Å². The molecule has 1 amide bonds. The molecule has 1 fully saturated rings. The second-order valence-electron chi connectivity index (χ2n) is 5.38. The summed E-state index contributed by atoms with van der Waals surface area (Å²) in [6.07, 6.45) is 6.24. The largest absolute Gasteiger partial charge is 0.333 e. The fourth-order valence-electron chi connectivity index (χ4n) is 2.57. The average molecular weight is 317 g/mol. The second kappa shape index (κ2) is 6.32. The minimum atomic E-state index is 0.176. The number of hydrogen-bond donors (Lipinski definition) is 0. The minimum absolute atomic E-state index is 0.176. The van der Waals surface area contributed by atoms with Gasteiger partial charge in [0.05, 0.1) is 18.4 Å². The van der Waals surface area contributed by atoms with Crippen molar-refractivity contribution in [2.24, 2.45) is 0 Å². The van der Waals surface area contributed by atoms with Crippen LogP contribution in [0.15, 0.2) is 43.1 Å². The normalized spacial score (nSPS) is 17.4. The zero-order valence-corrected chi connectivity index (χ0v) is 12.9. The van der Waals surface area contributed by atoms with E-state index in [9.17, 15) is 4.79 Å². The van der Waals surface area contributed by atoms with Crippen LogP contribution in [0.25, 0.3) is 5.69 Å². The van der Waals surface area contributed by atoms with Crippen molar-refractivity contribution in [3.63, 3.8) is 0 Å². The van der Waals surface area contributed by atoms with Crippen LogP contribution in [0.4, 0.5) is 0 Å². The third-order valence-electron chi connectivity index (χ3n) is 3.84. The number of halogens is 1. The van der Waals surface area contributed by atoms with Crippen molar-refractivity contribution in [1.82, 2.24) is 19.9 Å². The summed E-state index contributed by atoms with van der Waals surface area (Å²) < 4.78 is 1.69. The van der Waals surface area contributed by atoms with Gasteiger partial charge in [0.25, 0.3) is 0 Å². The summed E-state index contributed by atoms with van der Waals surface area (Å²) in [6.45, 7) is 4.23. The number of allylic oxidation sites excluding steroid dienone is 1. The number of aromatic nitrogens is 3. The fraction of sp³-hybridized carbons (Fsp3) is 0.312. The molecule has 22 heavy (non-hydrogen) atoms. The number of carbonyl (C=O) groups is 1. The molecule has 1 aromatic heterocycles. The van der Waals surface area contributed by atoms with Crippen LogP contribution in [0.2, 0.25) is 5.02 Å². The van der Waals surface area contributed by atoms with Gasteiger partial charge in [-0.2, -0.15) is 0 Å². The molecule has 0 saturated carbocycles. The first-order valence-corrected chi connectivity index (χ1v) is 7.62. The molecule has 0 aliphatic carbocycles. The lowest BCUT2D eigenvalue weighted by Gasteiger charge is -2.40. The maximum absolute atomic E-state index is 11.8. The highest BCUT2D eigenvalue weighted by atomic mass is 35.5. The van der Waals surface area contributed by atoms with Gasteiger partial charge in [-0.1, -0.05) is 22.9 Å². The number of likely N-dealkylation sites (tertiary alicyclic amines) is 1. The smallest absolute Gasteiger partial charge is 0.225 e. The van der Waals surface area contributed by atoms with E-state index in [1.165, 1.54) is 0 Å². The Morgan fingerprint density at radius 1 is 1.36 bits per heavy atom. The monoisotopic (exact) mass is 316 g/mol. The van der Waals surface area contributed by atoms with E-state index in [2.05, 4.69) is 16.9 Å². The van der Waals surface area contributed by atoms with Gasteiger partial charge in [-0.05, 0) is 37.1 Å². The predicted molar refractivity (Wildman–Crippen MR) is 84.8 cm³/mol. The van der Waals surface area contributed by atoms with E-state index in [4.69, 9.17) is 11.6 Å². The van der Waals surface area contributed by atoms with Gasteiger partial charge in [0, 0.05) is 17.5 Å². The van der Waals surface area contributed by atoms with Gasteiger partial charge >= 0.3 is 0 Å². The molecule has 1 aliphatic heterocycles. The second-order valence-corrected chi connectivity index (χ2v) is 5.81. The third-order valence-corrected chi connectivity index (χ3v) is 4.09. The molecule has 2 aromatic rings. The highest BCUT2D eigenvalue weighted by Gasteiger charge is 2.35. The first-order chi connectivity index (χ1) is 10.7. The van der Waals surface area contributed by atoms with Gasteiger partial charge in [0.15, 0.2) is 0 Å². The topological polar surface area (TPSA) is 51.0 Å². The fourth-order valence-corrected chi connectivity index (χ4v) is 2.70. The molecule has 5 nitrogen and oxygen atoms in total. The number of benzene rings is 1. The molecule has 3 rings (SSSR count). The Kier molecular flexibility index (Phi) is 4.24. The molecule has 1 unspecified atom stereocenters. The van der Waals surface area contributed by atoms with E-state index in [1.54, 1.807) is 4.68 Å². The molecule has 0 spiro atoms. The maximum atomic E-state index is 11.8. The SMILES string of the molecule is C=CCCC1CC(=O)N1Cc1cn(-c2ccc(Cl)cc2)nn1. The average Bonchev–Trinajstić information content (AvgIpc) is 2.98.